The molecule has 2 heterocycles. The molecule has 0 amide bonds. The molecule has 1 aromatic carbocycles. The predicted octanol–water partition coefficient (Wildman–Crippen LogP) is 5.78. The van der Waals surface area contributed by atoms with E-state index in [0.717, 1.165) is 11.1 Å². The van der Waals surface area contributed by atoms with Gasteiger partial charge in [0, 0.05) is 77.5 Å². The first-order valence-electron chi connectivity index (χ1n) is 12.9. The number of benzene rings is 1. The molecule has 0 fully saturated rings. The van der Waals surface area contributed by atoms with E-state index in [1.54, 1.807) is 25.3 Å². The van der Waals surface area contributed by atoms with Crippen molar-refractivity contribution in [3.8, 4) is 17.0 Å². The molecule has 2 aliphatic carbocycles. The van der Waals surface area contributed by atoms with E-state index in [2.05, 4.69) is 32.7 Å². The molecular weight excluding hydrogens is 505 g/mol. The second-order valence-electron chi connectivity index (χ2n) is 12.2. The fraction of sp³-hybridized carbons (Fsp3) is 0.419. The molecule has 3 aliphatic rings. The third-order valence-corrected chi connectivity index (χ3v) is 7.81. The Morgan fingerprint density at radius 1 is 0.949 bits per heavy atom. The van der Waals surface area contributed by atoms with Crippen molar-refractivity contribution in [2.45, 2.75) is 66.2 Å². The van der Waals surface area contributed by atoms with Crippen molar-refractivity contribution in [1.29, 1.82) is 0 Å². The van der Waals surface area contributed by atoms with Crippen LogP contribution in [0, 0.1) is 17.8 Å². The van der Waals surface area contributed by atoms with Gasteiger partial charge in [0.25, 0.3) is 0 Å². The third-order valence-electron chi connectivity index (χ3n) is 7.81. The number of pyridine rings is 1. The molecule has 2 aromatic rings. The molecule has 0 unspecified atom stereocenters. The number of carboxylic acid groups (broad SMARTS) is 1. The first-order valence-corrected chi connectivity index (χ1v) is 12.9. The number of methoxy groups -OCH3 is 1. The minimum atomic E-state index is -1.11. The number of aromatic nitrogens is 1. The van der Waals surface area contributed by atoms with Gasteiger partial charge in [-0.05, 0) is 47.6 Å². The summed E-state index contributed by atoms with van der Waals surface area (Å²) in [6.45, 7) is 10.1. The summed E-state index contributed by atoms with van der Waals surface area (Å²) in [4.78, 5) is 43.4. The van der Waals surface area contributed by atoms with Crippen LogP contribution in [0.4, 0.5) is 0 Å². The van der Waals surface area contributed by atoms with Crippen LogP contribution in [0.25, 0.3) is 11.3 Å². The van der Waals surface area contributed by atoms with E-state index < -0.39 is 11.9 Å². The first-order chi connectivity index (χ1) is 17.8. The summed E-state index contributed by atoms with van der Waals surface area (Å²) in [5.41, 5.74) is 3.20. The van der Waals surface area contributed by atoms with Crippen LogP contribution in [0.3, 0.4) is 0 Å². The van der Waals surface area contributed by atoms with E-state index in [0.29, 0.717) is 65.4 Å². The number of carbonyl (C=O) groups is 3. The summed E-state index contributed by atoms with van der Waals surface area (Å²) in [5.74, 6) is 0.0430. The van der Waals surface area contributed by atoms with Crippen molar-refractivity contribution >= 4 is 47.1 Å². The Balaban J connectivity index is 0.00000353. The van der Waals surface area contributed by atoms with Gasteiger partial charge in [-0.3, -0.25) is 9.59 Å². The zero-order chi connectivity index (χ0) is 27.6. The first kappa shape index (κ1) is 29.2. The van der Waals surface area contributed by atoms with Crippen molar-refractivity contribution < 1.29 is 29.0 Å². The van der Waals surface area contributed by atoms with E-state index in [1.165, 1.54) is 6.07 Å². The Morgan fingerprint density at radius 3 is 2.03 bits per heavy atom. The van der Waals surface area contributed by atoms with E-state index in [-0.39, 0.29) is 57.6 Å². The number of Topliss-reactive ketones (excluding diaryl/α,β-unsaturated/α-hetero) is 2. The molecule has 199 valence electrons. The van der Waals surface area contributed by atoms with Crippen molar-refractivity contribution in [1.82, 2.24) is 4.98 Å². The molecule has 1 radical (unpaired) electrons. The number of ether oxygens (including phenoxy) is 2. The van der Waals surface area contributed by atoms with Crippen LogP contribution >= 0.6 is 0 Å². The van der Waals surface area contributed by atoms with Crippen molar-refractivity contribution in [3.63, 3.8) is 0 Å². The smallest absolute Gasteiger partial charge is 0.354 e. The summed E-state index contributed by atoms with van der Waals surface area (Å²) in [6, 6.07) is 8.50. The monoisotopic (exact) mass is 538 g/mol. The fourth-order valence-corrected chi connectivity index (χ4v) is 6.19. The SMILES string of the molecule is COc1ccc(-c2cccc(C(=O)O)n2)c(C)c1C1C2=C(CC(C)(C)CC2=O)OC2=C1C(=O)CC(C)(C)C2.[Na]. The molecule has 0 spiro atoms. The Bertz CT molecular complexity index is 1410. The fourth-order valence-electron chi connectivity index (χ4n) is 6.19. The van der Waals surface area contributed by atoms with E-state index >= 15 is 0 Å². The van der Waals surface area contributed by atoms with Gasteiger partial charge in [-0.1, -0.05) is 33.8 Å². The van der Waals surface area contributed by atoms with Crippen molar-refractivity contribution in [2.24, 2.45) is 10.8 Å². The summed E-state index contributed by atoms with van der Waals surface area (Å²) in [7, 11) is 1.57. The van der Waals surface area contributed by atoms with Crippen LogP contribution < -0.4 is 4.74 Å². The van der Waals surface area contributed by atoms with Crippen LogP contribution in [-0.2, 0) is 14.3 Å². The number of carboxylic acids is 1. The maximum atomic E-state index is 13.7. The number of rotatable bonds is 4. The Kier molecular flexibility index (Phi) is 7.76. The molecule has 8 heteroatoms. The molecular formula is C31H33NNaO6. The normalized spacial score (nSPS) is 20.1. The zero-order valence-corrected chi connectivity index (χ0v) is 25.7. The molecule has 1 N–H and O–H groups in total. The number of aromatic carboxylic acids is 1. The molecule has 1 aromatic heterocycles. The van der Waals surface area contributed by atoms with Crippen molar-refractivity contribution in [3.05, 3.63) is 69.8 Å². The maximum Gasteiger partial charge on any atom is 0.354 e. The van der Waals surface area contributed by atoms with Gasteiger partial charge in [-0.15, -0.1) is 0 Å². The molecule has 39 heavy (non-hydrogen) atoms. The Morgan fingerprint density at radius 2 is 1.51 bits per heavy atom. The number of carbonyl (C=O) groups excluding carboxylic acids is 2. The third kappa shape index (κ3) is 5.24. The molecule has 1 aliphatic heterocycles. The van der Waals surface area contributed by atoms with Crippen molar-refractivity contribution in [2.75, 3.05) is 7.11 Å². The van der Waals surface area contributed by atoms with Crippen LogP contribution in [0.2, 0.25) is 0 Å². The molecule has 0 bridgehead atoms. The summed E-state index contributed by atoms with van der Waals surface area (Å²) >= 11 is 0. The Labute approximate surface area is 251 Å². The largest absolute Gasteiger partial charge is 0.496 e. The van der Waals surface area contributed by atoms with E-state index in [4.69, 9.17) is 9.47 Å². The Hall–Kier alpha value is -2.74. The zero-order valence-electron chi connectivity index (χ0n) is 23.7. The van der Waals surface area contributed by atoms with Crippen LogP contribution in [-0.4, -0.2) is 64.3 Å². The number of hydrogen-bond acceptors (Lipinski definition) is 6. The molecule has 0 saturated heterocycles. The second kappa shape index (κ2) is 10.3. The molecule has 5 rings (SSSR count). The van der Waals surface area contributed by atoms with Gasteiger partial charge in [0.05, 0.1) is 18.7 Å². The standard InChI is InChI=1S/C31H33NO6.Na/c1-16-17(18-8-7-9-19(32-18)29(35)36)10-11-22(37-6)25(16)28-26-20(33)12-30(2,3)14-23(26)38-24-15-31(4,5)13-21(34)27(24)28;/h7-11,28H,12-15H2,1-6H3,(H,35,36);. The van der Waals surface area contributed by atoms with Gasteiger partial charge in [0.1, 0.15) is 23.0 Å². The molecule has 7 nitrogen and oxygen atoms in total. The summed E-state index contributed by atoms with van der Waals surface area (Å²) in [5, 5.41) is 9.48. The van der Waals surface area contributed by atoms with Crippen LogP contribution in [0.1, 0.15) is 80.9 Å². The van der Waals surface area contributed by atoms with Gasteiger partial charge in [0.2, 0.25) is 0 Å². The van der Waals surface area contributed by atoms with E-state index in [9.17, 15) is 19.5 Å². The average molecular weight is 539 g/mol. The van der Waals surface area contributed by atoms with Gasteiger partial charge in [-0.25, -0.2) is 9.78 Å². The van der Waals surface area contributed by atoms with E-state index in [1.807, 2.05) is 13.0 Å². The quantitative estimate of drug-likeness (QED) is 0.492. The number of ketones is 2. The summed E-state index contributed by atoms with van der Waals surface area (Å²) in [6.07, 6.45) is 1.91. The minimum Gasteiger partial charge on any atom is -0.496 e. The molecule has 0 atom stereocenters. The van der Waals surface area contributed by atoms with Gasteiger partial charge in [0.15, 0.2) is 11.6 Å². The predicted molar refractivity (Wildman–Crippen MR) is 148 cm³/mol. The second-order valence-corrected chi connectivity index (χ2v) is 12.2. The minimum absolute atomic E-state index is 0. The summed E-state index contributed by atoms with van der Waals surface area (Å²) < 4.78 is 12.2. The maximum absolute atomic E-state index is 13.7. The van der Waals surface area contributed by atoms with Crippen LogP contribution in [0.15, 0.2) is 53.0 Å². The number of nitrogens with zero attached hydrogens (tertiary/aromatic N) is 1. The van der Waals surface area contributed by atoms with Gasteiger partial charge < -0.3 is 14.6 Å². The average Bonchev–Trinajstić information content (AvgIpc) is 2.81. The number of hydrogen-bond donors (Lipinski definition) is 1. The van der Waals surface area contributed by atoms with Crippen LogP contribution in [0.5, 0.6) is 5.75 Å². The van der Waals surface area contributed by atoms with Gasteiger partial charge >= 0.3 is 5.97 Å². The molecule has 0 saturated carbocycles. The van der Waals surface area contributed by atoms with Gasteiger partial charge in [-0.2, -0.15) is 0 Å². The number of allylic oxidation sites excluding steroid dienone is 4. The topological polar surface area (TPSA) is 103 Å².